The van der Waals surface area contributed by atoms with Gasteiger partial charge in [0.25, 0.3) is 10.0 Å². The summed E-state index contributed by atoms with van der Waals surface area (Å²) in [4.78, 5) is 24.9. The Morgan fingerprint density at radius 2 is 1.69 bits per heavy atom. The lowest BCUT2D eigenvalue weighted by molar-refractivity contribution is -0.114. The van der Waals surface area contributed by atoms with Crippen molar-refractivity contribution in [2.24, 2.45) is 0 Å². The van der Waals surface area contributed by atoms with Crippen molar-refractivity contribution in [3.63, 3.8) is 0 Å². The first kappa shape index (κ1) is 23.3. The first-order chi connectivity index (χ1) is 15.2. The van der Waals surface area contributed by atoms with E-state index < -0.39 is 28.4 Å². The molecule has 1 amide bonds. The zero-order valence-corrected chi connectivity index (χ0v) is 19.0. The van der Waals surface area contributed by atoms with Gasteiger partial charge >= 0.3 is 5.97 Å². The van der Waals surface area contributed by atoms with Gasteiger partial charge in [-0.3, -0.25) is 9.10 Å². The minimum absolute atomic E-state index is 0.00818. The van der Waals surface area contributed by atoms with Crippen LogP contribution in [0.5, 0.6) is 0 Å². The van der Waals surface area contributed by atoms with Crippen molar-refractivity contribution in [3.8, 4) is 0 Å². The van der Waals surface area contributed by atoms with Gasteiger partial charge in [-0.1, -0.05) is 35.9 Å². The summed E-state index contributed by atoms with van der Waals surface area (Å²) in [5.74, 6) is -1.24. The predicted molar refractivity (Wildman–Crippen MR) is 124 cm³/mol. The van der Waals surface area contributed by atoms with Crippen molar-refractivity contribution in [2.75, 3.05) is 23.3 Å². The third kappa shape index (κ3) is 5.27. The van der Waals surface area contributed by atoms with Gasteiger partial charge in [-0.05, 0) is 61.0 Å². The van der Waals surface area contributed by atoms with Crippen LogP contribution in [0.2, 0.25) is 5.02 Å². The zero-order chi connectivity index (χ0) is 23.3. The van der Waals surface area contributed by atoms with Gasteiger partial charge in [0.1, 0.15) is 6.54 Å². The van der Waals surface area contributed by atoms with Crippen LogP contribution in [-0.2, 0) is 19.6 Å². The molecule has 3 aromatic carbocycles. The molecular weight excluding hydrogens is 452 g/mol. The minimum Gasteiger partial charge on any atom is -0.465 e. The third-order valence-electron chi connectivity index (χ3n) is 4.58. The van der Waals surface area contributed by atoms with Crippen molar-refractivity contribution >= 4 is 44.9 Å². The van der Waals surface area contributed by atoms with E-state index in [0.717, 1.165) is 9.87 Å². The summed E-state index contributed by atoms with van der Waals surface area (Å²) in [6.07, 6.45) is 0. The van der Waals surface area contributed by atoms with Crippen molar-refractivity contribution in [1.29, 1.82) is 0 Å². The Morgan fingerprint density at radius 1 is 1.00 bits per heavy atom. The van der Waals surface area contributed by atoms with E-state index in [1.165, 1.54) is 43.5 Å². The second-order valence-corrected chi connectivity index (χ2v) is 9.19. The molecule has 0 spiro atoms. The van der Waals surface area contributed by atoms with Crippen LogP contribution in [0.25, 0.3) is 0 Å². The average Bonchev–Trinajstić information content (AvgIpc) is 2.77. The van der Waals surface area contributed by atoms with Crippen LogP contribution in [0.15, 0.2) is 77.7 Å². The predicted octanol–water partition coefficient (Wildman–Crippen LogP) is 4.27. The van der Waals surface area contributed by atoms with Crippen LogP contribution in [0, 0.1) is 6.92 Å². The monoisotopic (exact) mass is 472 g/mol. The number of esters is 1. The summed E-state index contributed by atoms with van der Waals surface area (Å²) >= 11 is 5.90. The van der Waals surface area contributed by atoms with Gasteiger partial charge < -0.3 is 10.1 Å². The zero-order valence-electron chi connectivity index (χ0n) is 17.4. The molecule has 32 heavy (non-hydrogen) atoms. The molecule has 0 aliphatic rings. The molecule has 0 unspecified atom stereocenters. The van der Waals surface area contributed by atoms with Crippen molar-refractivity contribution < 1.29 is 22.7 Å². The highest BCUT2D eigenvalue weighted by molar-refractivity contribution is 7.92. The molecule has 0 aliphatic carbocycles. The lowest BCUT2D eigenvalue weighted by Gasteiger charge is -2.24. The Kier molecular flexibility index (Phi) is 7.17. The molecule has 0 saturated carbocycles. The van der Waals surface area contributed by atoms with Gasteiger partial charge in [0.2, 0.25) is 5.91 Å². The molecular formula is C23H21ClN2O5S. The molecule has 0 aliphatic heterocycles. The number of ether oxygens (including phenoxy) is 1. The molecule has 0 heterocycles. The second kappa shape index (κ2) is 9.84. The van der Waals surface area contributed by atoms with Gasteiger partial charge in [0.05, 0.1) is 28.9 Å². The summed E-state index contributed by atoms with van der Waals surface area (Å²) in [5.41, 5.74) is 1.54. The van der Waals surface area contributed by atoms with Crippen molar-refractivity contribution in [1.82, 2.24) is 0 Å². The van der Waals surface area contributed by atoms with Crippen LogP contribution in [-0.4, -0.2) is 33.9 Å². The van der Waals surface area contributed by atoms with Gasteiger partial charge in [0, 0.05) is 5.02 Å². The lowest BCUT2D eigenvalue weighted by atomic mass is 10.2. The number of halogens is 1. The van der Waals surface area contributed by atoms with E-state index in [4.69, 9.17) is 16.3 Å². The van der Waals surface area contributed by atoms with E-state index in [0.29, 0.717) is 10.7 Å². The fraction of sp³-hybridized carbons (Fsp3) is 0.130. The maximum absolute atomic E-state index is 13.4. The van der Waals surface area contributed by atoms with Gasteiger partial charge in [-0.2, -0.15) is 0 Å². The van der Waals surface area contributed by atoms with E-state index in [1.807, 2.05) is 13.0 Å². The van der Waals surface area contributed by atoms with E-state index in [-0.39, 0.29) is 16.1 Å². The molecule has 0 bridgehead atoms. The number of aryl methyl sites for hydroxylation is 1. The summed E-state index contributed by atoms with van der Waals surface area (Å²) in [7, 11) is -2.85. The smallest absolute Gasteiger partial charge is 0.339 e. The Labute approximate surface area is 191 Å². The van der Waals surface area contributed by atoms with Crippen LogP contribution < -0.4 is 9.62 Å². The average molecular weight is 473 g/mol. The number of carbonyl (C=O) groups excluding carboxylic acids is 2. The van der Waals surface area contributed by atoms with Gasteiger partial charge in [-0.25, -0.2) is 13.2 Å². The Hall–Kier alpha value is -3.36. The number of nitrogens with zero attached hydrogens (tertiary/aromatic N) is 1. The molecule has 0 radical (unpaired) electrons. The number of carbonyl (C=O) groups is 2. The highest BCUT2D eigenvalue weighted by atomic mass is 35.5. The number of nitrogens with one attached hydrogen (secondary N) is 1. The summed E-state index contributed by atoms with van der Waals surface area (Å²) in [6.45, 7) is 1.31. The molecule has 1 N–H and O–H groups in total. The highest BCUT2D eigenvalue weighted by Gasteiger charge is 2.28. The molecule has 0 fully saturated rings. The second-order valence-electron chi connectivity index (χ2n) is 6.89. The fourth-order valence-electron chi connectivity index (χ4n) is 3.03. The van der Waals surface area contributed by atoms with Crippen LogP contribution in [0.1, 0.15) is 15.9 Å². The SMILES string of the molecule is COC(=O)c1ccccc1NC(=O)CN(c1cccc(C)c1)S(=O)(=O)c1ccc(Cl)cc1. The number of anilines is 2. The number of hydrogen-bond acceptors (Lipinski definition) is 5. The quantitative estimate of drug-likeness (QED) is 0.518. The number of methoxy groups -OCH3 is 1. The highest BCUT2D eigenvalue weighted by Crippen LogP contribution is 2.26. The number of hydrogen-bond donors (Lipinski definition) is 1. The Bertz CT molecular complexity index is 1240. The van der Waals surface area contributed by atoms with E-state index >= 15 is 0 Å². The van der Waals surface area contributed by atoms with Crippen molar-refractivity contribution in [3.05, 3.63) is 88.9 Å². The molecule has 166 valence electrons. The van der Waals surface area contributed by atoms with Crippen molar-refractivity contribution in [2.45, 2.75) is 11.8 Å². The standard InChI is InChI=1S/C23H21ClN2O5S/c1-16-6-5-7-18(14-16)26(32(29,30)19-12-10-17(24)11-13-19)15-22(27)25-21-9-4-3-8-20(21)23(28)31-2/h3-14H,15H2,1-2H3,(H,25,27). The maximum atomic E-state index is 13.4. The van der Waals surface area contributed by atoms with E-state index in [2.05, 4.69) is 5.32 Å². The minimum atomic E-state index is -4.08. The van der Waals surface area contributed by atoms with Crippen LogP contribution >= 0.6 is 11.6 Å². The third-order valence-corrected chi connectivity index (χ3v) is 6.63. The number of para-hydroxylation sites is 1. The van der Waals surface area contributed by atoms with Crippen LogP contribution in [0.4, 0.5) is 11.4 Å². The molecule has 3 aromatic rings. The van der Waals surface area contributed by atoms with Gasteiger partial charge in [-0.15, -0.1) is 0 Å². The number of sulfonamides is 1. The molecule has 0 saturated heterocycles. The topological polar surface area (TPSA) is 92.8 Å². The summed E-state index contributed by atoms with van der Waals surface area (Å²) in [5, 5.41) is 3.00. The molecule has 7 nitrogen and oxygen atoms in total. The molecule has 0 aromatic heterocycles. The molecule has 0 atom stereocenters. The maximum Gasteiger partial charge on any atom is 0.339 e. The van der Waals surface area contributed by atoms with E-state index in [1.54, 1.807) is 30.3 Å². The Morgan fingerprint density at radius 3 is 2.34 bits per heavy atom. The largest absolute Gasteiger partial charge is 0.465 e. The summed E-state index contributed by atoms with van der Waals surface area (Å²) in [6, 6.07) is 18.8. The number of rotatable bonds is 7. The summed E-state index contributed by atoms with van der Waals surface area (Å²) < 4.78 is 32.5. The first-order valence-electron chi connectivity index (χ1n) is 9.54. The van der Waals surface area contributed by atoms with Crippen LogP contribution in [0.3, 0.4) is 0 Å². The van der Waals surface area contributed by atoms with Gasteiger partial charge in [0.15, 0.2) is 0 Å². The Balaban J connectivity index is 1.96. The molecule has 9 heteroatoms. The number of amides is 1. The first-order valence-corrected chi connectivity index (χ1v) is 11.4. The molecule has 3 rings (SSSR count). The fourth-order valence-corrected chi connectivity index (χ4v) is 4.57. The number of benzene rings is 3. The van der Waals surface area contributed by atoms with E-state index in [9.17, 15) is 18.0 Å². The normalized spacial score (nSPS) is 11.0. The lowest BCUT2D eigenvalue weighted by Crippen LogP contribution is -2.38.